The lowest BCUT2D eigenvalue weighted by atomic mass is 10.5. The fourth-order valence-electron chi connectivity index (χ4n) is 1.04. The Morgan fingerprint density at radius 2 is 1.82 bits per heavy atom. The Balaban J connectivity index is 3.61. The standard InChI is InChI=1S/C8H19O2P/c1-4-11(9,5-2)8-6-7-10-3/h4-8H2,1-3H3. The van der Waals surface area contributed by atoms with Crippen LogP contribution in [0.3, 0.4) is 0 Å². The van der Waals surface area contributed by atoms with Crippen LogP contribution in [0.4, 0.5) is 0 Å². The highest BCUT2D eigenvalue weighted by molar-refractivity contribution is 7.63. The molecule has 0 atom stereocenters. The molecular formula is C8H19O2P. The van der Waals surface area contributed by atoms with Gasteiger partial charge in [-0.05, 0) is 18.7 Å². The van der Waals surface area contributed by atoms with Crippen molar-refractivity contribution in [2.75, 3.05) is 32.2 Å². The van der Waals surface area contributed by atoms with E-state index in [4.69, 9.17) is 4.74 Å². The average molecular weight is 178 g/mol. The van der Waals surface area contributed by atoms with Gasteiger partial charge in [0.25, 0.3) is 0 Å². The number of hydrogen-bond donors (Lipinski definition) is 0. The molecule has 0 spiro atoms. The third kappa shape index (κ3) is 4.60. The van der Waals surface area contributed by atoms with E-state index in [1.54, 1.807) is 7.11 Å². The first kappa shape index (κ1) is 11.2. The van der Waals surface area contributed by atoms with Gasteiger partial charge in [-0.15, -0.1) is 0 Å². The molecule has 0 aromatic heterocycles. The summed E-state index contributed by atoms with van der Waals surface area (Å²) in [6.45, 7) is 4.76. The molecule has 0 aliphatic carbocycles. The number of ether oxygens (including phenoxy) is 1. The van der Waals surface area contributed by atoms with Crippen LogP contribution in [0.5, 0.6) is 0 Å². The van der Waals surface area contributed by atoms with E-state index in [0.29, 0.717) is 0 Å². The molecule has 0 unspecified atom stereocenters. The lowest BCUT2D eigenvalue weighted by molar-refractivity contribution is 0.199. The third-order valence-electron chi connectivity index (χ3n) is 2.07. The van der Waals surface area contributed by atoms with Crippen LogP contribution in [0.25, 0.3) is 0 Å². The largest absolute Gasteiger partial charge is 0.385 e. The van der Waals surface area contributed by atoms with Gasteiger partial charge >= 0.3 is 0 Å². The van der Waals surface area contributed by atoms with Crippen molar-refractivity contribution in [2.24, 2.45) is 0 Å². The summed E-state index contributed by atoms with van der Waals surface area (Å²) in [5.41, 5.74) is 0. The van der Waals surface area contributed by atoms with Gasteiger partial charge in [-0.1, -0.05) is 13.8 Å². The van der Waals surface area contributed by atoms with Crippen LogP contribution < -0.4 is 0 Å². The average Bonchev–Trinajstić information content (AvgIpc) is 2.05. The monoisotopic (exact) mass is 178 g/mol. The molecule has 2 nitrogen and oxygen atoms in total. The summed E-state index contributed by atoms with van der Waals surface area (Å²) in [5.74, 6) is 0. The Bertz CT molecular complexity index is 126. The summed E-state index contributed by atoms with van der Waals surface area (Å²) in [4.78, 5) is 0. The van der Waals surface area contributed by atoms with Crippen molar-refractivity contribution in [3.8, 4) is 0 Å². The number of hydrogen-bond acceptors (Lipinski definition) is 2. The first-order chi connectivity index (χ1) is 5.18. The predicted molar refractivity (Wildman–Crippen MR) is 50.0 cm³/mol. The van der Waals surface area contributed by atoms with Crippen molar-refractivity contribution in [3.63, 3.8) is 0 Å². The highest BCUT2D eigenvalue weighted by Gasteiger charge is 2.15. The van der Waals surface area contributed by atoms with E-state index in [0.717, 1.165) is 31.5 Å². The van der Waals surface area contributed by atoms with E-state index in [1.165, 1.54) is 0 Å². The molecule has 0 heterocycles. The molecule has 3 heteroatoms. The lowest BCUT2D eigenvalue weighted by Gasteiger charge is -2.12. The molecule has 0 aromatic rings. The van der Waals surface area contributed by atoms with Gasteiger partial charge < -0.3 is 9.30 Å². The highest BCUT2D eigenvalue weighted by Crippen LogP contribution is 2.44. The first-order valence-electron chi connectivity index (χ1n) is 4.24. The molecule has 0 N–H and O–H groups in total. The van der Waals surface area contributed by atoms with Crippen LogP contribution in [-0.2, 0) is 9.30 Å². The van der Waals surface area contributed by atoms with Crippen LogP contribution in [0.2, 0.25) is 0 Å². The van der Waals surface area contributed by atoms with E-state index in [2.05, 4.69) is 0 Å². The summed E-state index contributed by atoms with van der Waals surface area (Å²) in [6, 6.07) is 0. The quantitative estimate of drug-likeness (QED) is 0.461. The zero-order valence-corrected chi connectivity index (χ0v) is 8.69. The molecule has 0 bridgehead atoms. The summed E-state index contributed by atoms with van der Waals surface area (Å²) in [7, 11) is -0.107. The van der Waals surface area contributed by atoms with Gasteiger partial charge in [-0.3, -0.25) is 0 Å². The molecule has 11 heavy (non-hydrogen) atoms. The second-order valence-electron chi connectivity index (χ2n) is 2.76. The Kier molecular flexibility index (Phi) is 5.89. The molecule has 0 fully saturated rings. The van der Waals surface area contributed by atoms with E-state index in [9.17, 15) is 4.57 Å². The van der Waals surface area contributed by atoms with E-state index in [-0.39, 0.29) is 0 Å². The van der Waals surface area contributed by atoms with Crippen molar-refractivity contribution in [3.05, 3.63) is 0 Å². The van der Waals surface area contributed by atoms with Gasteiger partial charge in [0, 0.05) is 19.9 Å². The van der Waals surface area contributed by atoms with Crippen LogP contribution in [0.15, 0.2) is 0 Å². The van der Waals surface area contributed by atoms with Gasteiger partial charge in [0.1, 0.15) is 0 Å². The molecule has 0 aliphatic rings. The second-order valence-corrected chi connectivity index (χ2v) is 6.59. The summed E-state index contributed by atoms with van der Waals surface area (Å²) in [5, 5.41) is 0. The minimum atomic E-state index is -1.79. The maximum absolute atomic E-state index is 11.8. The minimum Gasteiger partial charge on any atom is -0.385 e. The molecule has 0 saturated carbocycles. The molecule has 0 amide bonds. The maximum Gasteiger partial charge on any atom is 0.0873 e. The summed E-state index contributed by atoms with van der Waals surface area (Å²) < 4.78 is 16.7. The summed E-state index contributed by atoms with van der Waals surface area (Å²) >= 11 is 0. The smallest absolute Gasteiger partial charge is 0.0873 e. The fraction of sp³-hybridized carbons (Fsp3) is 1.00. The molecule has 0 aromatic carbocycles. The van der Waals surface area contributed by atoms with Gasteiger partial charge in [0.05, 0.1) is 7.14 Å². The van der Waals surface area contributed by atoms with Gasteiger partial charge in [0.15, 0.2) is 0 Å². The maximum atomic E-state index is 11.8. The molecule has 68 valence electrons. The third-order valence-corrected chi connectivity index (χ3v) is 5.50. The lowest BCUT2D eigenvalue weighted by Crippen LogP contribution is -1.99. The van der Waals surface area contributed by atoms with Crippen molar-refractivity contribution in [1.82, 2.24) is 0 Å². The highest BCUT2D eigenvalue weighted by atomic mass is 31.2. The van der Waals surface area contributed by atoms with Crippen molar-refractivity contribution in [1.29, 1.82) is 0 Å². The van der Waals surface area contributed by atoms with Crippen LogP contribution in [0, 0.1) is 0 Å². The van der Waals surface area contributed by atoms with Crippen LogP contribution >= 0.6 is 7.14 Å². The first-order valence-corrected chi connectivity index (χ1v) is 6.50. The zero-order chi connectivity index (χ0) is 8.74. The zero-order valence-electron chi connectivity index (χ0n) is 7.80. The number of rotatable bonds is 6. The Hall–Kier alpha value is 0.190. The van der Waals surface area contributed by atoms with E-state index >= 15 is 0 Å². The Morgan fingerprint density at radius 3 is 2.18 bits per heavy atom. The van der Waals surface area contributed by atoms with Crippen LogP contribution in [0.1, 0.15) is 20.3 Å². The minimum absolute atomic E-state index is 0.740. The topological polar surface area (TPSA) is 26.3 Å². The van der Waals surface area contributed by atoms with Crippen LogP contribution in [-0.4, -0.2) is 32.2 Å². The molecule has 0 radical (unpaired) electrons. The van der Waals surface area contributed by atoms with Gasteiger partial charge in [-0.25, -0.2) is 0 Å². The molecule has 0 rings (SSSR count). The predicted octanol–water partition coefficient (Wildman–Crippen LogP) is 2.43. The van der Waals surface area contributed by atoms with E-state index in [1.807, 2.05) is 13.8 Å². The normalized spacial score (nSPS) is 11.9. The van der Waals surface area contributed by atoms with Crippen molar-refractivity contribution < 1.29 is 9.30 Å². The van der Waals surface area contributed by atoms with Gasteiger partial charge in [0.2, 0.25) is 0 Å². The van der Waals surface area contributed by atoms with Crippen molar-refractivity contribution in [2.45, 2.75) is 20.3 Å². The fourth-order valence-corrected chi connectivity index (χ4v) is 2.82. The number of methoxy groups -OCH3 is 1. The molecule has 0 aliphatic heterocycles. The van der Waals surface area contributed by atoms with Gasteiger partial charge in [-0.2, -0.15) is 0 Å². The Morgan fingerprint density at radius 1 is 1.27 bits per heavy atom. The Labute approximate surface area is 69.7 Å². The van der Waals surface area contributed by atoms with Crippen molar-refractivity contribution >= 4 is 7.14 Å². The second kappa shape index (κ2) is 5.79. The molecule has 0 saturated heterocycles. The molecular weight excluding hydrogens is 159 g/mol. The summed E-state index contributed by atoms with van der Waals surface area (Å²) in [6.07, 6.45) is 3.48. The SMILES string of the molecule is CCP(=O)(CC)CCCOC. The van der Waals surface area contributed by atoms with E-state index < -0.39 is 7.14 Å².